The molecule has 0 aliphatic carbocycles. The lowest BCUT2D eigenvalue weighted by Crippen LogP contribution is -1.85. The van der Waals surface area contributed by atoms with E-state index in [0.717, 1.165) is 0 Å². The van der Waals surface area contributed by atoms with Crippen LogP contribution in [0.5, 0.6) is 0 Å². The molecule has 0 saturated carbocycles. The molecule has 0 fully saturated rings. The normalized spacial score (nSPS) is 12.4. The summed E-state index contributed by atoms with van der Waals surface area (Å²) in [4.78, 5) is 0. The van der Waals surface area contributed by atoms with Crippen molar-refractivity contribution in [3.8, 4) is 0 Å². The van der Waals surface area contributed by atoms with Gasteiger partial charge in [0.25, 0.3) is 0 Å². The Morgan fingerprint density at radius 3 is 1.17 bits per heavy atom. The maximum atomic E-state index is 2.51. The van der Waals surface area contributed by atoms with Crippen molar-refractivity contribution in [3.05, 3.63) is 59.7 Å². The first-order valence-electron chi connectivity index (χ1n) is 16.4. The molecule has 0 radical (unpaired) electrons. The molecule has 0 saturated heterocycles. The molecule has 42 heavy (non-hydrogen) atoms. The Bertz CT molecular complexity index is 1830. The standard InChI is InChI=1S/C38H42S4/c1-3-5-7-9-11-13-15-25-17-19-27-31(21-25)39-37-29-23-34-30(24-33(29)41-35(27)37)38-36(42-34)28-20-18-26(22-32(28)40-38)16-14-12-10-8-6-4-2/h17-24H,3-16H2,1-2H3. The Hall–Kier alpha value is -1.98. The molecule has 218 valence electrons. The molecule has 7 aromatic rings. The molecular weight excluding hydrogens is 585 g/mol. The van der Waals surface area contributed by atoms with Gasteiger partial charge in [0.15, 0.2) is 0 Å². The number of hydrogen-bond acceptors (Lipinski definition) is 4. The molecule has 0 bridgehead atoms. The first kappa shape index (κ1) is 28.8. The minimum Gasteiger partial charge on any atom is -0.134 e. The van der Waals surface area contributed by atoms with Gasteiger partial charge in [0.2, 0.25) is 0 Å². The molecule has 0 aliphatic rings. The zero-order valence-corrected chi connectivity index (χ0v) is 28.4. The Morgan fingerprint density at radius 2 is 0.738 bits per heavy atom. The van der Waals surface area contributed by atoms with Crippen LogP contribution in [0.25, 0.3) is 59.1 Å². The lowest BCUT2D eigenvalue weighted by atomic mass is 10.0. The summed E-state index contributed by atoms with van der Waals surface area (Å²) in [6.45, 7) is 4.59. The van der Waals surface area contributed by atoms with Crippen molar-refractivity contribution in [3.63, 3.8) is 0 Å². The number of benzene rings is 3. The average molecular weight is 627 g/mol. The zero-order chi connectivity index (χ0) is 28.5. The third kappa shape index (κ3) is 5.65. The second-order valence-electron chi connectivity index (χ2n) is 12.3. The topological polar surface area (TPSA) is 0 Å². The number of fused-ring (bicyclic) bond motifs is 10. The molecule has 0 spiro atoms. The summed E-state index contributed by atoms with van der Waals surface area (Å²) in [5.74, 6) is 0. The van der Waals surface area contributed by atoms with Crippen molar-refractivity contribution in [2.45, 2.75) is 104 Å². The highest BCUT2D eigenvalue weighted by molar-refractivity contribution is 7.38. The molecule has 0 nitrogen and oxygen atoms in total. The van der Waals surface area contributed by atoms with E-state index in [-0.39, 0.29) is 0 Å². The molecule has 0 N–H and O–H groups in total. The predicted molar refractivity (Wildman–Crippen MR) is 197 cm³/mol. The molecule has 0 amide bonds. The van der Waals surface area contributed by atoms with Gasteiger partial charge in [0.1, 0.15) is 0 Å². The third-order valence-electron chi connectivity index (χ3n) is 9.05. The lowest BCUT2D eigenvalue weighted by Gasteiger charge is -2.02. The van der Waals surface area contributed by atoms with Gasteiger partial charge in [-0.15, -0.1) is 45.3 Å². The summed E-state index contributed by atoms with van der Waals surface area (Å²) in [6.07, 6.45) is 18.8. The minimum absolute atomic E-state index is 1.22. The van der Waals surface area contributed by atoms with Gasteiger partial charge < -0.3 is 0 Å². The van der Waals surface area contributed by atoms with Gasteiger partial charge >= 0.3 is 0 Å². The van der Waals surface area contributed by atoms with E-state index in [2.05, 4.69) is 62.4 Å². The Kier molecular flexibility index (Phi) is 8.86. The van der Waals surface area contributed by atoms with Gasteiger partial charge in [0.05, 0.1) is 18.8 Å². The first-order valence-corrected chi connectivity index (χ1v) is 19.7. The minimum atomic E-state index is 1.22. The second kappa shape index (κ2) is 12.9. The quantitative estimate of drug-likeness (QED) is 0.105. The first-order chi connectivity index (χ1) is 20.7. The van der Waals surface area contributed by atoms with Gasteiger partial charge in [-0.05, 0) is 61.1 Å². The van der Waals surface area contributed by atoms with Crippen LogP contribution in [0.3, 0.4) is 0 Å². The van der Waals surface area contributed by atoms with Crippen molar-refractivity contribution in [2.24, 2.45) is 0 Å². The molecule has 0 aliphatic heterocycles. The fourth-order valence-corrected chi connectivity index (χ4v) is 12.1. The largest absolute Gasteiger partial charge is 0.134 e. The maximum absolute atomic E-state index is 2.51. The Morgan fingerprint density at radius 1 is 0.381 bits per heavy atom. The number of rotatable bonds is 14. The SMILES string of the molecule is CCCCCCCCc1ccc2c(c1)sc1c3cc4sc5c6ccc(CCCCCCCC)cc6sc5c4cc3sc21. The third-order valence-corrected chi connectivity index (χ3v) is 14.1. The van der Waals surface area contributed by atoms with E-state index in [1.54, 1.807) is 0 Å². The van der Waals surface area contributed by atoms with Crippen molar-refractivity contribution in [2.75, 3.05) is 0 Å². The van der Waals surface area contributed by atoms with Gasteiger partial charge in [-0.1, -0.05) is 102 Å². The van der Waals surface area contributed by atoms with E-state index in [9.17, 15) is 0 Å². The molecular formula is C38H42S4. The van der Waals surface area contributed by atoms with Crippen LogP contribution in [-0.2, 0) is 12.8 Å². The molecule has 4 heteroatoms. The van der Waals surface area contributed by atoms with Crippen LogP contribution in [0.2, 0.25) is 0 Å². The van der Waals surface area contributed by atoms with Crippen molar-refractivity contribution < 1.29 is 0 Å². The van der Waals surface area contributed by atoms with Crippen LogP contribution in [0.1, 0.15) is 102 Å². The highest BCUT2D eigenvalue weighted by Crippen LogP contribution is 2.50. The summed E-state index contributed by atoms with van der Waals surface area (Å²) in [6, 6.07) is 19.6. The molecule has 0 unspecified atom stereocenters. The summed E-state index contributed by atoms with van der Waals surface area (Å²) < 4.78 is 11.8. The molecule has 4 aromatic heterocycles. The fraction of sp³-hybridized carbons (Fsp3) is 0.421. The summed E-state index contributed by atoms with van der Waals surface area (Å²) in [5, 5.41) is 5.83. The maximum Gasteiger partial charge on any atom is 0.0542 e. The highest BCUT2D eigenvalue weighted by Gasteiger charge is 2.17. The lowest BCUT2D eigenvalue weighted by molar-refractivity contribution is 0.607. The zero-order valence-electron chi connectivity index (χ0n) is 25.2. The van der Waals surface area contributed by atoms with E-state index >= 15 is 0 Å². The van der Waals surface area contributed by atoms with E-state index in [1.807, 2.05) is 45.3 Å². The summed E-state index contributed by atoms with van der Waals surface area (Å²) in [7, 11) is 0. The molecule has 7 rings (SSSR count). The van der Waals surface area contributed by atoms with Crippen molar-refractivity contribution in [1.82, 2.24) is 0 Å². The summed E-state index contributed by atoms with van der Waals surface area (Å²) in [5.41, 5.74) is 3.03. The van der Waals surface area contributed by atoms with Gasteiger partial charge in [-0.2, -0.15) is 0 Å². The van der Waals surface area contributed by atoms with Crippen LogP contribution in [0.4, 0.5) is 0 Å². The highest BCUT2D eigenvalue weighted by atomic mass is 32.1. The van der Waals surface area contributed by atoms with Crippen molar-refractivity contribution >= 4 is 104 Å². The van der Waals surface area contributed by atoms with Gasteiger partial charge in [-0.3, -0.25) is 0 Å². The van der Waals surface area contributed by atoms with Gasteiger partial charge in [0, 0.05) is 40.3 Å². The van der Waals surface area contributed by atoms with Gasteiger partial charge in [-0.25, -0.2) is 0 Å². The monoisotopic (exact) mass is 626 g/mol. The molecule has 0 atom stereocenters. The Labute approximate surface area is 266 Å². The molecule has 3 aromatic carbocycles. The van der Waals surface area contributed by atoms with Crippen LogP contribution < -0.4 is 0 Å². The van der Waals surface area contributed by atoms with E-state index in [0.29, 0.717) is 0 Å². The fourth-order valence-electron chi connectivity index (χ4n) is 6.63. The van der Waals surface area contributed by atoms with E-state index in [1.165, 1.54) is 160 Å². The Balaban J connectivity index is 1.14. The summed E-state index contributed by atoms with van der Waals surface area (Å²) >= 11 is 8.04. The number of aryl methyl sites for hydroxylation is 2. The number of thiophene rings is 4. The number of unbranched alkanes of at least 4 members (excludes halogenated alkanes) is 10. The van der Waals surface area contributed by atoms with Crippen LogP contribution in [-0.4, -0.2) is 0 Å². The van der Waals surface area contributed by atoms with Crippen LogP contribution in [0.15, 0.2) is 48.5 Å². The van der Waals surface area contributed by atoms with Crippen LogP contribution >= 0.6 is 45.3 Å². The smallest absolute Gasteiger partial charge is 0.0542 e. The number of hydrogen-bond donors (Lipinski definition) is 0. The van der Waals surface area contributed by atoms with Crippen molar-refractivity contribution in [1.29, 1.82) is 0 Å². The predicted octanol–water partition coefficient (Wildman–Crippen LogP) is 14.7. The second-order valence-corrected chi connectivity index (χ2v) is 16.5. The van der Waals surface area contributed by atoms with E-state index in [4.69, 9.17) is 0 Å². The van der Waals surface area contributed by atoms with E-state index < -0.39 is 0 Å². The van der Waals surface area contributed by atoms with Crippen LogP contribution in [0, 0.1) is 0 Å². The average Bonchev–Trinajstić information content (AvgIpc) is 3.73. The molecule has 4 heterocycles.